The molecule has 1 N–H and O–H groups in total. The first kappa shape index (κ1) is 16.6. The van der Waals surface area contributed by atoms with Crippen LogP contribution in [0.3, 0.4) is 0 Å². The zero-order valence-corrected chi connectivity index (χ0v) is 14.4. The van der Waals surface area contributed by atoms with Gasteiger partial charge in [-0.15, -0.1) is 5.10 Å². The monoisotopic (exact) mass is 347 g/mol. The maximum absolute atomic E-state index is 11.7. The van der Waals surface area contributed by atoms with Crippen LogP contribution in [-0.4, -0.2) is 47.7 Å². The maximum Gasteiger partial charge on any atom is 0.244 e. The van der Waals surface area contributed by atoms with Gasteiger partial charge in [0.25, 0.3) is 0 Å². The van der Waals surface area contributed by atoms with Crippen molar-refractivity contribution in [2.75, 3.05) is 28.3 Å². The van der Waals surface area contributed by atoms with E-state index < -0.39 is 9.84 Å². The van der Waals surface area contributed by atoms with Crippen molar-refractivity contribution in [1.29, 1.82) is 0 Å². The van der Waals surface area contributed by atoms with Gasteiger partial charge < -0.3 is 10.2 Å². The Hall–Kier alpha value is -2.22. The minimum Gasteiger partial charge on any atom is -0.351 e. The lowest BCUT2D eigenvalue weighted by molar-refractivity contribution is 0.599. The molecule has 1 unspecified atom stereocenters. The van der Waals surface area contributed by atoms with Crippen molar-refractivity contribution in [3.63, 3.8) is 0 Å². The van der Waals surface area contributed by atoms with E-state index in [4.69, 9.17) is 0 Å². The smallest absolute Gasteiger partial charge is 0.244 e. The Morgan fingerprint density at radius 1 is 1.29 bits per heavy atom. The van der Waals surface area contributed by atoms with Gasteiger partial charge in [-0.3, -0.25) is 0 Å². The molecule has 24 heavy (non-hydrogen) atoms. The van der Waals surface area contributed by atoms with E-state index in [-0.39, 0.29) is 17.5 Å². The molecule has 3 rings (SSSR count). The summed E-state index contributed by atoms with van der Waals surface area (Å²) in [5, 5.41) is 11.2. The number of benzene rings is 1. The highest BCUT2D eigenvalue weighted by atomic mass is 32.2. The molecule has 0 saturated carbocycles. The van der Waals surface area contributed by atoms with Gasteiger partial charge in [0.15, 0.2) is 15.7 Å². The second-order valence-electron chi connectivity index (χ2n) is 5.82. The summed E-state index contributed by atoms with van der Waals surface area (Å²) in [4.78, 5) is 6.49. The van der Waals surface area contributed by atoms with E-state index in [9.17, 15) is 8.42 Å². The molecule has 0 aliphatic carbocycles. The van der Waals surface area contributed by atoms with Crippen molar-refractivity contribution in [2.24, 2.45) is 0 Å². The van der Waals surface area contributed by atoms with Crippen molar-refractivity contribution < 1.29 is 8.42 Å². The van der Waals surface area contributed by atoms with E-state index in [1.807, 2.05) is 42.2 Å². The standard InChI is InChI=1S/C16H21N5O2S/c1-2-21(14-8-9-24(22,23)12-14)15-11-18-20-16(19-15)17-10-13-6-4-3-5-7-13/h3-7,11,14H,2,8-10,12H2,1H3,(H,17,19,20). The van der Waals surface area contributed by atoms with Gasteiger partial charge in [-0.1, -0.05) is 30.3 Å². The Morgan fingerprint density at radius 2 is 2.08 bits per heavy atom. The van der Waals surface area contributed by atoms with Crippen LogP contribution in [0.25, 0.3) is 0 Å². The fourth-order valence-electron chi connectivity index (χ4n) is 2.91. The van der Waals surface area contributed by atoms with Crippen molar-refractivity contribution in [1.82, 2.24) is 15.2 Å². The highest BCUT2D eigenvalue weighted by Gasteiger charge is 2.32. The number of rotatable bonds is 6. The van der Waals surface area contributed by atoms with Gasteiger partial charge in [-0.2, -0.15) is 10.1 Å². The van der Waals surface area contributed by atoms with E-state index in [1.165, 1.54) is 0 Å². The molecule has 1 aliphatic rings. The molecule has 1 fully saturated rings. The topological polar surface area (TPSA) is 88.1 Å². The third-order valence-electron chi connectivity index (χ3n) is 4.12. The summed E-state index contributed by atoms with van der Waals surface area (Å²) in [6, 6.07) is 9.92. The first-order chi connectivity index (χ1) is 11.6. The molecule has 0 amide bonds. The number of hydrogen-bond donors (Lipinski definition) is 1. The summed E-state index contributed by atoms with van der Waals surface area (Å²) in [5.74, 6) is 1.52. The number of hydrogen-bond acceptors (Lipinski definition) is 7. The maximum atomic E-state index is 11.7. The van der Waals surface area contributed by atoms with E-state index in [0.29, 0.717) is 31.3 Å². The van der Waals surface area contributed by atoms with E-state index >= 15 is 0 Å². The fraction of sp³-hybridized carbons (Fsp3) is 0.438. The SMILES string of the molecule is CCN(c1cnnc(NCc2ccccc2)n1)C1CCS(=O)(=O)C1. The van der Waals surface area contributed by atoms with Crippen LogP contribution in [0.4, 0.5) is 11.8 Å². The lowest BCUT2D eigenvalue weighted by Gasteiger charge is -2.27. The zero-order chi connectivity index (χ0) is 17.0. The average molecular weight is 347 g/mol. The number of nitrogens with one attached hydrogen (secondary N) is 1. The van der Waals surface area contributed by atoms with E-state index in [0.717, 1.165) is 5.56 Å². The van der Waals surface area contributed by atoms with Crippen LogP contribution in [0, 0.1) is 0 Å². The summed E-state index contributed by atoms with van der Waals surface area (Å²) in [6.45, 7) is 3.27. The molecule has 1 aromatic heterocycles. The van der Waals surface area contributed by atoms with Crippen molar-refractivity contribution in [3.8, 4) is 0 Å². The second kappa shape index (κ2) is 7.12. The summed E-state index contributed by atoms with van der Waals surface area (Å²) >= 11 is 0. The minimum atomic E-state index is -2.94. The lowest BCUT2D eigenvalue weighted by Crippen LogP contribution is -2.37. The highest BCUT2D eigenvalue weighted by Crippen LogP contribution is 2.22. The van der Waals surface area contributed by atoms with Crippen molar-refractivity contribution in [2.45, 2.75) is 25.9 Å². The normalized spacial score (nSPS) is 19.1. The molecular formula is C16H21N5O2S. The molecular weight excluding hydrogens is 326 g/mol. The molecule has 1 saturated heterocycles. The number of aromatic nitrogens is 3. The average Bonchev–Trinajstić information content (AvgIpc) is 2.95. The first-order valence-corrected chi connectivity index (χ1v) is 9.84. The van der Waals surface area contributed by atoms with Crippen LogP contribution in [0.1, 0.15) is 18.9 Å². The Bertz CT molecular complexity index is 782. The summed E-state index contributed by atoms with van der Waals surface area (Å²) in [6.07, 6.45) is 2.22. The van der Waals surface area contributed by atoms with Gasteiger partial charge in [0.1, 0.15) is 0 Å². The van der Waals surface area contributed by atoms with Gasteiger partial charge in [0.05, 0.1) is 17.7 Å². The van der Waals surface area contributed by atoms with Crippen LogP contribution < -0.4 is 10.2 Å². The quantitative estimate of drug-likeness (QED) is 0.847. The number of nitrogens with zero attached hydrogens (tertiary/aromatic N) is 4. The van der Waals surface area contributed by atoms with Gasteiger partial charge >= 0.3 is 0 Å². The van der Waals surface area contributed by atoms with Crippen LogP contribution >= 0.6 is 0 Å². The van der Waals surface area contributed by atoms with Gasteiger partial charge in [0, 0.05) is 19.1 Å². The van der Waals surface area contributed by atoms with Crippen LogP contribution in [-0.2, 0) is 16.4 Å². The van der Waals surface area contributed by atoms with Gasteiger partial charge in [-0.25, -0.2) is 8.42 Å². The summed E-state index contributed by atoms with van der Waals surface area (Å²) < 4.78 is 23.5. The third-order valence-corrected chi connectivity index (χ3v) is 5.87. The lowest BCUT2D eigenvalue weighted by atomic mass is 10.2. The third kappa shape index (κ3) is 4.00. The molecule has 2 aromatic rings. The highest BCUT2D eigenvalue weighted by molar-refractivity contribution is 7.91. The van der Waals surface area contributed by atoms with Crippen molar-refractivity contribution >= 4 is 21.6 Å². The Balaban J connectivity index is 1.71. The molecule has 2 heterocycles. The Labute approximate surface area is 142 Å². The molecule has 1 atom stereocenters. The van der Waals surface area contributed by atoms with Crippen LogP contribution in [0.5, 0.6) is 0 Å². The first-order valence-electron chi connectivity index (χ1n) is 8.02. The molecule has 1 aliphatic heterocycles. The van der Waals surface area contributed by atoms with Crippen LogP contribution in [0.15, 0.2) is 36.5 Å². The predicted octanol–water partition coefficient (Wildman–Crippen LogP) is 1.50. The Kier molecular flexibility index (Phi) is 4.94. The van der Waals surface area contributed by atoms with E-state index in [2.05, 4.69) is 20.5 Å². The van der Waals surface area contributed by atoms with Gasteiger partial charge in [0.2, 0.25) is 5.95 Å². The fourth-order valence-corrected chi connectivity index (χ4v) is 4.64. The molecule has 128 valence electrons. The molecule has 0 radical (unpaired) electrons. The van der Waals surface area contributed by atoms with Crippen LogP contribution in [0.2, 0.25) is 0 Å². The summed E-state index contributed by atoms with van der Waals surface area (Å²) in [7, 11) is -2.94. The second-order valence-corrected chi connectivity index (χ2v) is 8.05. The molecule has 0 bridgehead atoms. The molecule has 1 aromatic carbocycles. The van der Waals surface area contributed by atoms with E-state index in [1.54, 1.807) is 6.20 Å². The zero-order valence-electron chi connectivity index (χ0n) is 13.6. The van der Waals surface area contributed by atoms with Gasteiger partial charge in [-0.05, 0) is 18.9 Å². The summed E-state index contributed by atoms with van der Waals surface area (Å²) in [5.41, 5.74) is 1.13. The molecule has 7 nitrogen and oxygen atoms in total. The molecule has 8 heteroatoms. The largest absolute Gasteiger partial charge is 0.351 e. The Morgan fingerprint density at radius 3 is 2.75 bits per heavy atom. The minimum absolute atomic E-state index is 0.0429. The number of sulfone groups is 1. The number of anilines is 2. The molecule has 0 spiro atoms. The predicted molar refractivity (Wildman–Crippen MR) is 93.7 cm³/mol. The van der Waals surface area contributed by atoms with Crippen molar-refractivity contribution in [3.05, 3.63) is 42.1 Å².